The van der Waals surface area contributed by atoms with Crippen LogP contribution in [-0.4, -0.2) is 37.0 Å². The smallest absolute Gasteiger partial charge is 0.263 e. The molecule has 176 valence electrons. The Labute approximate surface area is 199 Å². The Hall–Kier alpha value is -4.00. The summed E-state index contributed by atoms with van der Waals surface area (Å²) in [7, 11) is 3.21. The molecule has 0 aromatic heterocycles. The fourth-order valence-electron chi connectivity index (χ4n) is 3.98. The van der Waals surface area contributed by atoms with Gasteiger partial charge in [0, 0.05) is 24.3 Å². The van der Waals surface area contributed by atoms with Crippen LogP contribution in [0.2, 0.25) is 0 Å². The van der Waals surface area contributed by atoms with Crippen molar-refractivity contribution in [3.63, 3.8) is 0 Å². The third-order valence-electron chi connectivity index (χ3n) is 5.68. The number of anilines is 1. The molecule has 1 N–H and O–H groups in total. The zero-order valence-corrected chi connectivity index (χ0v) is 19.5. The molecule has 0 aliphatic carbocycles. The topological polar surface area (TPSA) is 77.1 Å². The van der Waals surface area contributed by atoms with E-state index in [0.29, 0.717) is 30.3 Å². The van der Waals surface area contributed by atoms with E-state index in [1.807, 2.05) is 54.6 Å². The van der Waals surface area contributed by atoms with Gasteiger partial charge in [0.2, 0.25) is 5.91 Å². The van der Waals surface area contributed by atoms with Crippen LogP contribution in [0.1, 0.15) is 23.6 Å². The quantitative estimate of drug-likeness (QED) is 0.572. The molecule has 1 aliphatic heterocycles. The number of carbonyl (C=O) groups is 2. The molecular formula is C27H28N2O5. The average molecular weight is 461 g/mol. The van der Waals surface area contributed by atoms with E-state index in [1.54, 1.807) is 38.2 Å². The van der Waals surface area contributed by atoms with Gasteiger partial charge >= 0.3 is 0 Å². The Morgan fingerprint density at radius 3 is 2.38 bits per heavy atom. The van der Waals surface area contributed by atoms with E-state index < -0.39 is 6.10 Å². The third-order valence-corrected chi connectivity index (χ3v) is 5.68. The Morgan fingerprint density at radius 2 is 1.68 bits per heavy atom. The standard InChI is InChI=1S/C27H28N2O5/c1-18-27(31)29(16-20-7-5-9-24(13-20)33-3)17-21-15-22(10-11-25(21)34-18)28-26(30)14-19-6-4-8-23(12-19)32-2/h4-13,15,18H,14,16-17H2,1-3H3,(H,28,30)/t18-/m1/s1. The number of nitrogens with zero attached hydrogens (tertiary/aromatic N) is 1. The average Bonchev–Trinajstić information content (AvgIpc) is 2.95. The second kappa shape index (κ2) is 10.3. The normalized spacial score (nSPS) is 15.1. The van der Waals surface area contributed by atoms with Gasteiger partial charge in [0.1, 0.15) is 17.2 Å². The fourth-order valence-corrected chi connectivity index (χ4v) is 3.98. The van der Waals surface area contributed by atoms with E-state index in [9.17, 15) is 9.59 Å². The van der Waals surface area contributed by atoms with Crippen LogP contribution < -0.4 is 19.5 Å². The lowest BCUT2D eigenvalue weighted by molar-refractivity contribution is -0.138. The maximum Gasteiger partial charge on any atom is 0.263 e. The number of rotatable bonds is 7. The molecule has 1 aliphatic rings. The van der Waals surface area contributed by atoms with Crippen LogP contribution in [0.15, 0.2) is 66.7 Å². The molecule has 0 bridgehead atoms. The third kappa shape index (κ3) is 5.49. The van der Waals surface area contributed by atoms with Crippen molar-refractivity contribution in [1.82, 2.24) is 4.90 Å². The van der Waals surface area contributed by atoms with Gasteiger partial charge in [-0.2, -0.15) is 0 Å². The Kier molecular flexibility index (Phi) is 7.01. The molecule has 0 saturated carbocycles. The van der Waals surface area contributed by atoms with E-state index in [-0.39, 0.29) is 18.2 Å². The Morgan fingerprint density at radius 1 is 1.00 bits per heavy atom. The molecule has 2 amide bonds. The molecule has 34 heavy (non-hydrogen) atoms. The highest BCUT2D eigenvalue weighted by atomic mass is 16.5. The van der Waals surface area contributed by atoms with Gasteiger partial charge in [-0.3, -0.25) is 9.59 Å². The lowest BCUT2D eigenvalue weighted by Gasteiger charge is -2.22. The summed E-state index contributed by atoms with van der Waals surface area (Å²) in [6.07, 6.45) is -0.386. The number of fused-ring (bicyclic) bond motifs is 1. The molecule has 0 fully saturated rings. The number of hydrogen-bond acceptors (Lipinski definition) is 5. The summed E-state index contributed by atoms with van der Waals surface area (Å²) >= 11 is 0. The maximum absolute atomic E-state index is 13.0. The minimum Gasteiger partial charge on any atom is -0.497 e. The fraction of sp³-hybridized carbons (Fsp3) is 0.259. The summed E-state index contributed by atoms with van der Waals surface area (Å²) in [5.74, 6) is 1.86. The van der Waals surface area contributed by atoms with E-state index in [4.69, 9.17) is 14.2 Å². The van der Waals surface area contributed by atoms with Crippen molar-refractivity contribution < 1.29 is 23.8 Å². The number of ether oxygens (including phenoxy) is 3. The summed E-state index contributed by atoms with van der Waals surface area (Å²) in [5, 5.41) is 2.95. The molecule has 3 aromatic carbocycles. The molecule has 4 rings (SSSR count). The van der Waals surface area contributed by atoms with Gasteiger partial charge in [-0.15, -0.1) is 0 Å². The zero-order valence-electron chi connectivity index (χ0n) is 19.5. The highest BCUT2D eigenvalue weighted by Gasteiger charge is 2.28. The minimum absolute atomic E-state index is 0.0948. The minimum atomic E-state index is -0.611. The van der Waals surface area contributed by atoms with Crippen LogP contribution in [0.4, 0.5) is 5.69 Å². The van der Waals surface area contributed by atoms with Crippen LogP contribution in [0.25, 0.3) is 0 Å². The molecule has 3 aromatic rings. The van der Waals surface area contributed by atoms with Gasteiger partial charge in [0.05, 0.1) is 20.6 Å². The van der Waals surface area contributed by atoms with Gasteiger partial charge in [0.25, 0.3) is 5.91 Å². The van der Waals surface area contributed by atoms with Gasteiger partial charge in [-0.25, -0.2) is 0 Å². The van der Waals surface area contributed by atoms with E-state index >= 15 is 0 Å². The molecule has 0 unspecified atom stereocenters. The zero-order chi connectivity index (χ0) is 24.1. The van der Waals surface area contributed by atoms with E-state index in [2.05, 4.69) is 5.32 Å². The largest absolute Gasteiger partial charge is 0.497 e. The SMILES string of the molecule is COc1cccc(CC(=O)Nc2ccc3c(c2)CN(Cc2cccc(OC)c2)C(=O)[C@@H](C)O3)c1. The van der Waals surface area contributed by atoms with E-state index in [1.165, 1.54) is 0 Å². The van der Waals surface area contributed by atoms with E-state index in [0.717, 1.165) is 22.4 Å². The van der Waals surface area contributed by atoms with Crippen LogP contribution in [0, 0.1) is 0 Å². The molecule has 1 heterocycles. The molecule has 7 heteroatoms. The van der Waals surface area contributed by atoms with Gasteiger partial charge in [-0.05, 0) is 60.5 Å². The number of benzene rings is 3. The van der Waals surface area contributed by atoms with Crippen molar-refractivity contribution in [2.75, 3.05) is 19.5 Å². The summed E-state index contributed by atoms with van der Waals surface area (Å²) in [4.78, 5) is 27.4. The van der Waals surface area contributed by atoms with Crippen molar-refractivity contribution >= 4 is 17.5 Å². The molecular weight excluding hydrogens is 432 g/mol. The molecule has 0 radical (unpaired) electrons. The predicted octanol–water partition coefficient (Wildman–Crippen LogP) is 4.19. The lowest BCUT2D eigenvalue weighted by atomic mass is 10.1. The monoisotopic (exact) mass is 460 g/mol. The van der Waals surface area contributed by atoms with Gasteiger partial charge in [0.15, 0.2) is 6.10 Å². The number of methoxy groups -OCH3 is 2. The number of carbonyl (C=O) groups excluding carboxylic acids is 2. The highest BCUT2D eigenvalue weighted by molar-refractivity contribution is 5.92. The van der Waals surface area contributed by atoms with Crippen LogP contribution >= 0.6 is 0 Å². The number of hydrogen-bond donors (Lipinski definition) is 1. The number of amides is 2. The van der Waals surface area contributed by atoms with Crippen molar-refractivity contribution in [3.8, 4) is 17.2 Å². The van der Waals surface area contributed by atoms with Crippen LogP contribution in [0.5, 0.6) is 17.2 Å². The second-order valence-corrected chi connectivity index (χ2v) is 8.20. The predicted molar refractivity (Wildman–Crippen MR) is 129 cm³/mol. The first kappa shape index (κ1) is 23.2. The Balaban J connectivity index is 1.50. The second-order valence-electron chi connectivity index (χ2n) is 8.20. The summed E-state index contributed by atoms with van der Waals surface area (Å²) in [6.45, 7) is 2.55. The van der Waals surface area contributed by atoms with Crippen molar-refractivity contribution in [2.24, 2.45) is 0 Å². The lowest BCUT2D eigenvalue weighted by Crippen LogP contribution is -2.37. The van der Waals surface area contributed by atoms with Crippen molar-refractivity contribution in [3.05, 3.63) is 83.4 Å². The van der Waals surface area contributed by atoms with Crippen LogP contribution in [-0.2, 0) is 29.1 Å². The first-order valence-corrected chi connectivity index (χ1v) is 11.1. The molecule has 0 saturated heterocycles. The van der Waals surface area contributed by atoms with Crippen molar-refractivity contribution in [1.29, 1.82) is 0 Å². The first-order chi connectivity index (χ1) is 16.4. The van der Waals surface area contributed by atoms with Gasteiger partial charge in [-0.1, -0.05) is 24.3 Å². The van der Waals surface area contributed by atoms with Crippen LogP contribution in [0.3, 0.4) is 0 Å². The molecule has 0 spiro atoms. The Bertz CT molecular complexity index is 1190. The van der Waals surface area contributed by atoms with Crippen molar-refractivity contribution in [2.45, 2.75) is 32.5 Å². The molecule has 1 atom stereocenters. The number of nitrogens with one attached hydrogen (secondary N) is 1. The summed E-state index contributed by atoms with van der Waals surface area (Å²) in [6, 6.07) is 20.5. The summed E-state index contributed by atoms with van der Waals surface area (Å²) in [5.41, 5.74) is 3.31. The summed E-state index contributed by atoms with van der Waals surface area (Å²) < 4.78 is 16.5. The van der Waals surface area contributed by atoms with Gasteiger partial charge < -0.3 is 24.4 Å². The first-order valence-electron chi connectivity index (χ1n) is 11.1. The molecule has 7 nitrogen and oxygen atoms in total. The highest BCUT2D eigenvalue weighted by Crippen LogP contribution is 2.30. The maximum atomic E-state index is 13.0.